The summed E-state index contributed by atoms with van der Waals surface area (Å²) in [5.41, 5.74) is 1.03. The molecule has 0 bridgehead atoms. The quantitative estimate of drug-likeness (QED) is 0.286. The average molecular weight is 614 g/mol. The van der Waals surface area contributed by atoms with Crippen molar-refractivity contribution in [2.24, 2.45) is 11.3 Å². The maximum atomic E-state index is 13.1. The Morgan fingerprint density at radius 2 is 1.83 bits per heavy atom. The number of rotatable bonds is 5. The lowest BCUT2D eigenvalue weighted by atomic mass is 9.96. The predicted molar refractivity (Wildman–Crippen MR) is 138 cm³/mol. The third kappa shape index (κ3) is 5.52. The average Bonchev–Trinajstić information content (AvgIpc) is 2.76. The summed E-state index contributed by atoms with van der Waals surface area (Å²) in [6.07, 6.45) is -0.352. The van der Waals surface area contributed by atoms with Crippen molar-refractivity contribution in [1.29, 1.82) is 0 Å². The van der Waals surface area contributed by atoms with E-state index in [9.17, 15) is 14.7 Å². The van der Waals surface area contributed by atoms with E-state index in [0.717, 1.165) is 5.56 Å². The first-order valence-corrected chi connectivity index (χ1v) is 12.8. The van der Waals surface area contributed by atoms with E-state index in [1.54, 1.807) is 32.9 Å². The van der Waals surface area contributed by atoms with Crippen LogP contribution in [0.1, 0.15) is 74.2 Å². The molecule has 0 radical (unpaired) electrons. The minimum Gasteiger partial charge on any atom is -0.495 e. The molecule has 0 unspecified atom stereocenters. The van der Waals surface area contributed by atoms with E-state index in [1.165, 1.54) is 7.11 Å². The fourth-order valence-electron chi connectivity index (χ4n) is 3.64. The van der Waals surface area contributed by atoms with E-state index in [2.05, 4.69) is 31.9 Å². The Kier molecular flexibility index (Phi) is 8.23. The highest BCUT2D eigenvalue weighted by Gasteiger charge is 2.34. The van der Waals surface area contributed by atoms with Gasteiger partial charge < -0.3 is 24.1 Å². The molecule has 2 aromatic rings. The summed E-state index contributed by atoms with van der Waals surface area (Å²) in [6, 6.07) is 3.25. The summed E-state index contributed by atoms with van der Waals surface area (Å²) in [5.74, 6) is -0.112. The summed E-state index contributed by atoms with van der Waals surface area (Å²) in [6.45, 7) is 11.0. The van der Waals surface area contributed by atoms with Crippen LogP contribution in [0.2, 0.25) is 0 Å². The minimum absolute atomic E-state index is 0.0550. The molecule has 1 heterocycles. The first-order valence-electron chi connectivity index (χ1n) is 11.2. The molecule has 3 rings (SSSR count). The van der Waals surface area contributed by atoms with E-state index in [-0.39, 0.29) is 41.1 Å². The topological polar surface area (TPSA) is 91.3 Å². The van der Waals surface area contributed by atoms with E-state index in [4.69, 9.17) is 18.9 Å². The molecule has 0 saturated carbocycles. The van der Waals surface area contributed by atoms with E-state index in [1.807, 2.05) is 20.8 Å². The van der Waals surface area contributed by atoms with Crippen LogP contribution in [0, 0.1) is 18.3 Å². The smallest absolute Gasteiger partial charge is 0.346 e. The molecule has 0 aliphatic carbocycles. The van der Waals surface area contributed by atoms with Gasteiger partial charge in [0.15, 0.2) is 11.5 Å². The number of ether oxygens (including phenoxy) is 4. The number of fused-ring (bicyclic) bond motifs is 2. The summed E-state index contributed by atoms with van der Waals surface area (Å²) >= 11 is 7.09. The van der Waals surface area contributed by atoms with E-state index >= 15 is 0 Å². The molecular formula is C26H30Br2O7. The van der Waals surface area contributed by atoms with Crippen molar-refractivity contribution in [3.63, 3.8) is 0 Å². The molecule has 0 aromatic heterocycles. The third-order valence-corrected chi connectivity index (χ3v) is 7.61. The van der Waals surface area contributed by atoms with Gasteiger partial charge in [0.1, 0.15) is 23.7 Å². The Morgan fingerprint density at radius 1 is 1.17 bits per heavy atom. The van der Waals surface area contributed by atoms with E-state index < -0.39 is 23.5 Å². The summed E-state index contributed by atoms with van der Waals surface area (Å²) < 4.78 is 24.5. The second-order valence-corrected chi connectivity index (χ2v) is 11.5. The minimum atomic E-state index is -0.838. The van der Waals surface area contributed by atoms with Crippen LogP contribution in [-0.4, -0.2) is 24.2 Å². The van der Waals surface area contributed by atoms with Crippen molar-refractivity contribution in [3.8, 4) is 23.0 Å². The third-order valence-electron chi connectivity index (χ3n) is 5.58. The van der Waals surface area contributed by atoms with Crippen molar-refractivity contribution in [2.75, 3.05) is 7.11 Å². The summed E-state index contributed by atoms with van der Waals surface area (Å²) in [5, 5.41) is 10.8. The van der Waals surface area contributed by atoms with Crippen LogP contribution < -0.4 is 14.2 Å². The van der Waals surface area contributed by atoms with Crippen LogP contribution in [0.4, 0.5) is 0 Å². The number of halogens is 2. The van der Waals surface area contributed by atoms with Gasteiger partial charge in [-0.1, -0.05) is 13.8 Å². The largest absolute Gasteiger partial charge is 0.495 e. The molecule has 0 saturated heterocycles. The molecule has 1 atom stereocenters. The number of hydrogen-bond acceptors (Lipinski definition) is 7. The molecule has 190 valence electrons. The van der Waals surface area contributed by atoms with Gasteiger partial charge in [-0.05, 0) is 89.6 Å². The van der Waals surface area contributed by atoms with Gasteiger partial charge in [-0.15, -0.1) is 0 Å². The lowest BCUT2D eigenvalue weighted by Gasteiger charge is -2.26. The lowest BCUT2D eigenvalue weighted by Crippen LogP contribution is -2.26. The van der Waals surface area contributed by atoms with Crippen LogP contribution >= 0.6 is 31.9 Å². The van der Waals surface area contributed by atoms with Gasteiger partial charge >= 0.3 is 11.9 Å². The number of esters is 2. The second kappa shape index (κ2) is 10.5. The highest BCUT2D eigenvalue weighted by molar-refractivity contribution is 9.11. The normalized spacial score (nSPS) is 14.2. The number of hydrogen-bond donors (Lipinski definition) is 1. The van der Waals surface area contributed by atoms with Crippen molar-refractivity contribution in [2.45, 2.75) is 60.7 Å². The number of carbonyl (C=O) groups is 2. The molecule has 2 aromatic carbocycles. The molecule has 1 N–H and O–H groups in total. The summed E-state index contributed by atoms with van der Waals surface area (Å²) in [4.78, 5) is 25.9. The van der Waals surface area contributed by atoms with Crippen LogP contribution in [0.3, 0.4) is 0 Å². The molecule has 0 spiro atoms. The van der Waals surface area contributed by atoms with Crippen molar-refractivity contribution in [3.05, 3.63) is 43.3 Å². The van der Waals surface area contributed by atoms with E-state index in [0.29, 0.717) is 26.5 Å². The molecule has 9 heteroatoms. The lowest BCUT2D eigenvalue weighted by molar-refractivity contribution is -0.143. The second-order valence-electron chi connectivity index (χ2n) is 9.91. The number of aliphatic hydroxyl groups excluding tert-OH is 1. The summed E-state index contributed by atoms with van der Waals surface area (Å²) in [7, 11) is 1.42. The van der Waals surface area contributed by atoms with Gasteiger partial charge in [-0.3, -0.25) is 4.79 Å². The van der Waals surface area contributed by atoms with Gasteiger partial charge in [-0.2, -0.15) is 0 Å². The Bertz CT molecular complexity index is 1170. The molecule has 0 amide bonds. The molecule has 0 fully saturated rings. The molecule has 7 nitrogen and oxygen atoms in total. The number of aliphatic hydroxyl groups is 1. The maximum Gasteiger partial charge on any atom is 0.346 e. The molecule has 35 heavy (non-hydrogen) atoms. The first kappa shape index (κ1) is 27.5. The Morgan fingerprint density at radius 3 is 2.40 bits per heavy atom. The van der Waals surface area contributed by atoms with Crippen LogP contribution in [0.15, 0.2) is 21.1 Å². The van der Waals surface area contributed by atoms with Gasteiger partial charge in [0.25, 0.3) is 0 Å². The number of cyclic esters (lactones) is 1. The zero-order chi connectivity index (χ0) is 26.2. The number of benzene rings is 2. The first-order chi connectivity index (χ1) is 16.3. The van der Waals surface area contributed by atoms with Gasteiger partial charge in [0.05, 0.1) is 28.7 Å². The van der Waals surface area contributed by atoms with Crippen LogP contribution in [0.25, 0.3) is 0 Å². The predicted octanol–water partition coefficient (Wildman–Crippen LogP) is 7.02. The number of methoxy groups -OCH3 is 1. The van der Waals surface area contributed by atoms with Crippen molar-refractivity contribution in [1.82, 2.24) is 0 Å². The fraction of sp³-hybridized carbons (Fsp3) is 0.462. The Labute approximate surface area is 222 Å². The van der Waals surface area contributed by atoms with Crippen LogP contribution in [-0.2, 0) is 16.1 Å². The number of carbonyl (C=O) groups excluding carboxylic acids is 2. The zero-order valence-corrected chi connectivity index (χ0v) is 24.0. The maximum absolute atomic E-state index is 13.1. The molecular weight excluding hydrogens is 584 g/mol. The van der Waals surface area contributed by atoms with Gasteiger partial charge in [-0.25, -0.2) is 4.79 Å². The highest BCUT2D eigenvalue weighted by atomic mass is 79.9. The van der Waals surface area contributed by atoms with Crippen LogP contribution in [0.5, 0.6) is 23.0 Å². The molecule has 1 aliphatic rings. The SMILES string of the molecule is COc1c([C@@H](O)CC(C)C)ccc2c1C(=O)OCc1c(Br)c(C)c(Br)c(OC(=O)C(C)(C)C)c1O2. The Balaban J connectivity index is 2.23. The fourth-order valence-corrected chi connectivity index (χ4v) is 4.86. The zero-order valence-electron chi connectivity index (χ0n) is 20.9. The van der Waals surface area contributed by atoms with Gasteiger partial charge in [0, 0.05) is 10.0 Å². The van der Waals surface area contributed by atoms with Crippen molar-refractivity contribution >= 4 is 43.8 Å². The van der Waals surface area contributed by atoms with Gasteiger partial charge in [0.2, 0.25) is 0 Å². The monoisotopic (exact) mass is 612 g/mol. The highest BCUT2D eigenvalue weighted by Crippen LogP contribution is 2.50. The standard InChI is InChI=1S/C26H30Br2O7/c1-12(2)10-16(29)14-8-9-17-18(21(14)32-7)24(30)33-11-15-19(27)13(3)20(28)23(22(15)34-17)35-25(31)26(4,5)6/h8-9,12,16,29H,10-11H2,1-7H3/t16-/m0/s1. The Hall–Kier alpha value is -2.10. The van der Waals surface area contributed by atoms with Crippen molar-refractivity contribution < 1.29 is 33.6 Å². The molecule has 1 aliphatic heterocycles.